The molecule has 1 aromatic heterocycles. The minimum Gasteiger partial charge on any atom is -0.481 e. The quantitative estimate of drug-likeness (QED) is 0.389. The highest BCUT2D eigenvalue weighted by atomic mass is 32.2. The Balaban J connectivity index is 1.54. The third kappa shape index (κ3) is 3.97. The number of carbonyl (C=O) groups is 1. The molecule has 1 aliphatic carbocycles. The molecule has 0 radical (unpaired) electrons. The molecule has 1 unspecified atom stereocenters. The van der Waals surface area contributed by atoms with Crippen molar-refractivity contribution in [3.63, 3.8) is 0 Å². The van der Waals surface area contributed by atoms with Crippen LogP contribution in [0.5, 0.6) is 0 Å². The predicted octanol–water partition coefficient (Wildman–Crippen LogP) is 3.61. The highest BCUT2D eigenvalue weighted by Crippen LogP contribution is 2.37. The van der Waals surface area contributed by atoms with E-state index in [9.17, 15) is 23.1 Å². The van der Waals surface area contributed by atoms with Gasteiger partial charge < -0.3 is 5.11 Å². The van der Waals surface area contributed by atoms with Crippen LogP contribution in [0.1, 0.15) is 63.2 Å². The molecule has 2 aliphatic rings. The summed E-state index contributed by atoms with van der Waals surface area (Å²) in [5.41, 5.74) is 1.23. The van der Waals surface area contributed by atoms with E-state index in [2.05, 4.69) is 9.50 Å². The number of hydrogen-bond donors (Lipinski definition) is 1. The highest BCUT2D eigenvalue weighted by molar-refractivity contribution is 7.90. The Kier molecular flexibility index (Phi) is 5.86. The molecule has 2 aromatic carbocycles. The van der Waals surface area contributed by atoms with Crippen LogP contribution >= 0.6 is 0 Å². The summed E-state index contributed by atoms with van der Waals surface area (Å²) >= 11 is 0. The standard InChI is InChI=1S/C26H29N5O5S/c1-16(26(2,3)24(32)33)30-20-13-12-17(14-21(20)31(25(30)34)18-8-7-9-18)15-27-29(4)23-19-10-5-6-11-22(19)37(35,36)28-23/h5-6,10-16,18H,7-9H2,1-4H3,(H,32,33)/b27-15+. The number of carboxylic acids is 1. The molecule has 10 nitrogen and oxygen atoms in total. The molecule has 0 spiro atoms. The number of fused-ring (bicyclic) bond motifs is 2. The van der Waals surface area contributed by atoms with E-state index in [4.69, 9.17) is 0 Å². The van der Waals surface area contributed by atoms with Gasteiger partial charge in [-0.2, -0.15) is 13.5 Å². The van der Waals surface area contributed by atoms with E-state index in [1.54, 1.807) is 61.4 Å². The summed E-state index contributed by atoms with van der Waals surface area (Å²) in [4.78, 5) is 25.7. The number of nitrogens with zero attached hydrogens (tertiary/aromatic N) is 5. The van der Waals surface area contributed by atoms with Crippen LogP contribution in [-0.2, 0) is 14.8 Å². The first-order valence-corrected chi connectivity index (χ1v) is 13.6. The molecule has 2 heterocycles. The fourth-order valence-corrected chi connectivity index (χ4v) is 5.97. The van der Waals surface area contributed by atoms with Gasteiger partial charge >= 0.3 is 11.7 Å². The summed E-state index contributed by atoms with van der Waals surface area (Å²) in [6.45, 7) is 5.01. The van der Waals surface area contributed by atoms with Gasteiger partial charge in [-0.15, -0.1) is 4.40 Å². The monoisotopic (exact) mass is 523 g/mol. The maximum absolute atomic E-state index is 13.6. The zero-order chi connectivity index (χ0) is 26.7. The molecular weight excluding hydrogens is 494 g/mol. The lowest BCUT2D eigenvalue weighted by atomic mass is 9.85. The molecule has 1 N–H and O–H groups in total. The Morgan fingerprint density at radius 3 is 2.57 bits per heavy atom. The van der Waals surface area contributed by atoms with E-state index in [1.807, 2.05) is 18.2 Å². The summed E-state index contributed by atoms with van der Waals surface area (Å²) in [5, 5.41) is 15.6. The van der Waals surface area contributed by atoms with E-state index in [-0.39, 0.29) is 22.5 Å². The Labute approximate surface area is 214 Å². The summed E-state index contributed by atoms with van der Waals surface area (Å²) in [5.74, 6) is -0.739. The largest absolute Gasteiger partial charge is 0.481 e. The maximum atomic E-state index is 13.6. The van der Waals surface area contributed by atoms with E-state index < -0.39 is 27.4 Å². The van der Waals surface area contributed by atoms with Crippen molar-refractivity contribution in [2.75, 3.05) is 7.05 Å². The zero-order valence-corrected chi connectivity index (χ0v) is 21.9. The molecule has 0 saturated heterocycles. The molecule has 1 saturated carbocycles. The van der Waals surface area contributed by atoms with Gasteiger partial charge in [0, 0.05) is 18.7 Å². The van der Waals surface area contributed by atoms with E-state index in [1.165, 1.54) is 11.1 Å². The van der Waals surface area contributed by atoms with Gasteiger partial charge in [0.05, 0.1) is 28.7 Å². The first-order valence-electron chi connectivity index (χ1n) is 12.2. The van der Waals surface area contributed by atoms with Crippen molar-refractivity contribution in [3.8, 4) is 0 Å². The van der Waals surface area contributed by atoms with Crippen molar-refractivity contribution in [3.05, 3.63) is 64.1 Å². The normalized spacial score (nSPS) is 18.0. The molecule has 37 heavy (non-hydrogen) atoms. The van der Waals surface area contributed by atoms with Crippen LogP contribution in [0, 0.1) is 5.41 Å². The number of benzene rings is 2. The van der Waals surface area contributed by atoms with Gasteiger partial charge in [0.25, 0.3) is 10.0 Å². The SMILES string of the molecule is CC(n1c(=O)n(C2CCC2)c2cc(/C=N/N(C)C3=NS(=O)(=O)c4ccccc43)ccc21)C(C)(C)C(=O)O. The maximum Gasteiger partial charge on any atom is 0.329 e. The van der Waals surface area contributed by atoms with Crippen molar-refractivity contribution in [1.29, 1.82) is 0 Å². The number of imidazole rings is 1. The van der Waals surface area contributed by atoms with Crippen LogP contribution in [-0.4, -0.2) is 52.7 Å². The number of carboxylic acid groups (broad SMARTS) is 1. The first-order chi connectivity index (χ1) is 17.4. The topological polar surface area (TPSA) is 126 Å². The lowest BCUT2D eigenvalue weighted by molar-refractivity contribution is -0.149. The number of aromatic nitrogens is 2. The Morgan fingerprint density at radius 2 is 1.92 bits per heavy atom. The number of sulfonamides is 1. The van der Waals surface area contributed by atoms with Crippen molar-refractivity contribution >= 4 is 39.1 Å². The molecule has 11 heteroatoms. The van der Waals surface area contributed by atoms with Gasteiger partial charge in [0.1, 0.15) is 4.90 Å². The van der Waals surface area contributed by atoms with Gasteiger partial charge in [-0.3, -0.25) is 13.9 Å². The zero-order valence-electron chi connectivity index (χ0n) is 21.1. The first kappa shape index (κ1) is 24.9. The number of hydrogen-bond acceptors (Lipinski definition) is 6. The van der Waals surface area contributed by atoms with E-state index in [0.29, 0.717) is 16.6 Å². The number of aliphatic carboxylic acids is 1. The molecule has 1 aliphatic heterocycles. The summed E-state index contributed by atoms with van der Waals surface area (Å²) in [6, 6.07) is 11.6. The van der Waals surface area contributed by atoms with E-state index >= 15 is 0 Å². The van der Waals surface area contributed by atoms with Gasteiger partial charge in [-0.25, -0.2) is 9.80 Å². The fourth-order valence-electron chi connectivity index (χ4n) is 4.74. The van der Waals surface area contributed by atoms with Crippen LogP contribution in [0.3, 0.4) is 0 Å². The minimum absolute atomic E-state index is 0.0702. The van der Waals surface area contributed by atoms with E-state index in [0.717, 1.165) is 24.8 Å². The van der Waals surface area contributed by atoms with Gasteiger partial charge in [0.15, 0.2) is 5.84 Å². The van der Waals surface area contributed by atoms with Crippen molar-refractivity contribution in [1.82, 2.24) is 14.1 Å². The molecule has 3 aromatic rings. The average Bonchev–Trinajstić information content (AvgIpc) is 3.26. The Hall–Kier alpha value is -3.73. The van der Waals surface area contributed by atoms with Gasteiger partial charge in [-0.05, 0) is 69.9 Å². The second-order valence-electron chi connectivity index (χ2n) is 10.2. The molecule has 1 fully saturated rings. The van der Waals surface area contributed by atoms with Gasteiger partial charge in [-0.1, -0.05) is 18.2 Å². The lowest BCUT2D eigenvalue weighted by Gasteiger charge is -2.29. The third-order valence-electron chi connectivity index (χ3n) is 7.65. The van der Waals surface area contributed by atoms with Crippen molar-refractivity contribution in [2.45, 2.75) is 57.0 Å². The predicted molar refractivity (Wildman–Crippen MR) is 141 cm³/mol. The van der Waals surface area contributed by atoms with Crippen molar-refractivity contribution in [2.24, 2.45) is 14.9 Å². The summed E-state index contributed by atoms with van der Waals surface area (Å²) in [6.07, 6.45) is 4.42. The number of amidine groups is 1. The molecule has 194 valence electrons. The molecule has 1 atom stereocenters. The third-order valence-corrected chi connectivity index (χ3v) is 8.98. The lowest BCUT2D eigenvalue weighted by Crippen LogP contribution is -2.39. The second-order valence-corrected chi connectivity index (χ2v) is 11.8. The summed E-state index contributed by atoms with van der Waals surface area (Å²) in [7, 11) is -2.14. The number of rotatable bonds is 6. The molecule has 5 rings (SSSR count). The molecule has 0 amide bonds. The smallest absolute Gasteiger partial charge is 0.329 e. The Morgan fingerprint density at radius 1 is 1.22 bits per heavy atom. The minimum atomic E-state index is -3.76. The van der Waals surface area contributed by atoms with Crippen LogP contribution in [0.25, 0.3) is 11.0 Å². The average molecular weight is 524 g/mol. The van der Waals surface area contributed by atoms with Crippen LogP contribution in [0.2, 0.25) is 0 Å². The van der Waals surface area contributed by atoms with Crippen LogP contribution in [0.15, 0.2) is 61.7 Å². The van der Waals surface area contributed by atoms with Crippen LogP contribution in [0.4, 0.5) is 0 Å². The summed E-state index contributed by atoms with van der Waals surface area (Å²) < 4.78 is 32.0. The second kappa shape index (κ2) is 8.69. The van der Waals surface area contributed by atoms with Crippen molar-refractivity contribution < 1.29 is 18.3 Å². The van der Waals surface area contributed by atoms with Gasteiger partial charge in [0.2, 0.25) is 0 Å². The highest BCUT2D eigenvalue weighted by Gasteiger charge is 2.38. The Bertz CT molecular complexity index is 1640. The molecular formula is C26H29N5O5S. The van der Waals surface area contributed by atoms with Crippen LogP contribution < -0.4 is 5.69 Å². The molecule has 0 bridgehead atoms. The number of hydrazone groups is 1. The fraction of sp³-hybridized carbons (Fsp3) is 0.385.